The molecule has 1 aliphatic carbocycles. The number of hydrogen-bond donors (Lipinski definition) is 1. The van der Waals surface area contributed by atoms with Crippen molar-refractivity contribution in [2.75, 3.05) is 13.2 Å². The van der Waals surface area contributed by atoms with Crippen molar-refractivity contribution in [1.82, 2.24) is 4.98 Å². The van der Waals surface area contributed by atoms with Gasteiger partial charge in [-0.15, -0.1) is 0 Å². The highest BCUT2D eigenvalue weighted by atomic mass is 16.5. The highest BCUT2D eigenvalue weighted by Crippen LogP contribution is 2.40. The number of hydrogen-bond acceptors (Lipinski definition) is 3. The Bertz CT molecular complexity index is 541. The Kier molecular flexibility index (Phi) is 3.70. The molecule has 1 heterocycles. The molecule has 20 heavy (non-hydrogen) atoms. The van der Waals surface area contributed by atoms with Gasteiger partial charge in [-0.3, -0.25) is 4.98 Å². The summed E-state index contributed by atoms with van der Waals surface area (Å²) in [6.45, 7) is 1.45. The molecule has 3 nitrogen and oxygen atoms in total. The number of rotatable bonds is 5. The van der Waals surface area contributed by atoms with Crippen molar-refractivity contribution in [3.8, 4) is 17.0 Å². The van der Waals surface area contributed by atoms with Crippen molar-refractivity contribution in [3.05, 3.63) is 48.7 Å². The Morgan fingerprint density at radius 3 is 2.45 bits per heavy atom. The Labute approximate surface area is 119 Å². The molecule has 1 aromatic heterocycles. The lowest BCUT2D eigenvalue weighted by Gasteiger charge is -2.40. The van der Waals surface area contributed by atoms with E-state index in [1.165, 1.54) is 19.3 Å². The number of aromatic nitrogens is 1. The van der Waals surface area contributed by atoms with E-state index in [1.54, 1.807) is 6.20 Å². The molecule has 3 rings (SSSR count). The van der Waals surface area contributed by atoms with Gasteiger partial charge in [0.2, 0.25) is 0 Å². The summed E-state index contributed by atoms with van der Waals surface area (Å²) in [6.07, 6.45) is 5.46. The van der Waals surface area contributed by atoms with E-state index >= 15 is 0 Å². The average Bonchev–Trinajstić information content (AvgIpc) is 2.48. The summed E-state index contributed by atoms with van der Waals surface area (Å²) in [5, 5.41) is 0. The molecule has 1 aliphatic rings. The first-order valence-corrected chi connectivity index (χ1v) is 7.16. The van der Waals surface area contributed by atoms with Crippen LogP contribution < -0.4 is 10.5 Å². The van der Waals surface area contributed by atoms with Crippen LogP contribution in [0.25, 0.3) is 11.3 Å². The third-order valence-electron chi connectivity index (χ3n) is 4.21. The maximum atomic E-state index is 5.89. The molecule has 2 aromatic rings. The van der Waals surface area contributed by atoms with Crippen LogP contribution in [0.2, 0.25) is 0 Å². The first-order chi connectivity index (χ1) is 9.81. The van der Waals surface area contributed by atoms with E-state index in [4.69, 9.17) is 10.5 Å². The molecule has 1 fully saturated rings. The van der Waals surface area contributed by atoms with Crippen LogP contribution in [-0.4, -0.2) is 18.1 Å². The number of nitrogens with two attached hydrogens (primary N) is 1. The van der Waals surface area contributed by atoms with E-state index in [0.717, 1.165) is 30.2 Å². The molecule has 1 aromatic carbocycles. The lowest BCUT2D eigenvalue weighted by Crippen LogP contribution is -2.42. The second kappa shape index (κ2) is 5.63. The number of ether oxygens (including phenoxy) is 1. The predicted molar refractivity (Wildman–Crippen MR) is 80.5 cm³/mol. The molecule has 0 amide bonds. The van der Waals surface area contributed by atoms with Crippen molar-refractivity contribution in [3.63, 3.8) is 0 Å². The Morgan fingerprint density at radius 1 is 1.10 bits per heavy atom. The number of nitrogens with zero attached hydrogens (tertiary/aromatic N) is 1. The van der Waals surface area contributed by atoms with Gasteiger partial charge in [0.1, 0.15) is 5.75 Å². The largest absolute Gasteiger partial charge is 0.493 e. The minimum atomic E-state index is 0.222. The number of benzene rings is 1. The van der Waals surface area contributed by atoms with E-state index in [-0.39, 0.29) is 5.41 Å². The predicted octanol–water partition coefficient (Wildman–Crippen LogP) is 3.26. The molecule has 3 heteroatoms. The second-order valence-electron chi connectivity index (χ2n) is 5.59. The molecule has 0 bridgehead atoms. The van der Waals surface area contributed by atoms with Gasteiger partial charge in [0, 0.05) is 23.7 Å². The molecular formula is C17H20N2O. The number of pyridine rings is 1. The minimum absolute atomic E-state index is 0.222. The van der Waals surface area contributed by atoms with Gasteiger partial charge in [-0.2, -0.15) is 0 Å². The molecule has 0 radical (unpaired) electrons. The van der Waals surface area contributed by atoms with Crippen molar-refractivity contribution < 1.29 is 4.74 Å². The van der Waals surface area contributed by atoms with Crippen LogP contribution in [0.5, 0.6) is 5.75 Å². The van der Waals surface area contributed by atoms with Gasteiger partial charge in [-0.05, 0) is 49.2 Å². The fraction of sp³-hybridized carbons (Fsp3) is 0.353. The summed E-state index contributed by atoms with van der Waals surface area (Å²) in [5.41, 5.74) is 8.16. The average molecular weight is 268 g/mol. The van der Waals surface area contributed by atoms with E-state index in [2.05, 4.69) is 4.98 Å². The second-order valence-corrected chi connectivity index (χ2v) is 5.59. The monoisotopic (exact) mass is 268 g/mol. The van der Waals surface area contributed by atoms with E-state index in [0.29, 0.717) is 0 Å². The molecule has 0 aliphatic heterocycles. The summed E-state index contributed by atoms with van der Waals surface area (Å²) in [6, 6.07) is 14.0. The summed E-state index contributed by atoms with van der Waals surface area (Å²) in [5.74, 6) is 0.907. The van der Waals surface area contributed by atoms with Gasteiger partial charge in [0.25, 0.3) is 0 Å². The quantitative estimate of drug-likeness (QED) is 0.905. The SMILES string of the molecule is NCC1(COc2ccc(-c3ccccn3)cc2)CCC1. The summed E-state index contributed by atoms with van der Waals surface area (Å²) in [7, 11) is 0. The summed E-state index contributed by atoms with van der Waals surface area (Å²) < 4.78 is 5.89. The Balaban J connectivity index is 1.65. The standard InChI is InChI=1S/C17H20N2O/c18-12-17(9-3-10-17)13-20-15-7-5-14(6-8-15)16-4-1-2-11-19-16/h1-2,4-8,11H,3,9-10,12-13,18H2. The van der Waals surface area contributed by atoms with Gasteiger partial charge in [-0.25, -0.2) is 0 Å². The summed E-state index contributed by atoms with van der Waals surface area (Å²) >= 11 is 0. The first-order valence-electron chi connectivity index (χ1n) is 7.16. The topological polar surface area (TPSA) is 48.1 Å². The molecule has 104 valence electrons. The lowest BCUT2D eigenvalue weighted by atomic mass is 9.69. The van der Waals surface area contributed by atoms with E-state index in [9.17, 15) is 0 Å². The van der Waals surface area contributed by atoms with Crippen LogP contribution in [0.3, 0.4) is 0 Å². The van der Waals surface area contributed by atoms with Gasteiger partial charge in [0.15, 0.2) is 0 Å². The van der Waals surface area contributed by atoms with Crippen LogP contribution in [0, 0.1) is 5.41 Å². The third-order valence-corrected chi connectivity index (χ3v) is 4.21. The fourth-order valence-corrected chi connectivity index (χ4v) is 2.58. The van der Waals surface area contributed by atoms with Gasteiger partial charge < -0.3 is 10.5 Å². The molecule has 0 unspecified atom stereocenters. The Hall–Kier alpha value is -1.87. The van der Waals surface area contributed by atoms with Crippen LogP contribution in [0.15, 0.2) is 48.7 Å². The van der Waals surface area contributed by atoms with Crippen LogP contribution in [-0.2, 0) is 0 Å². The molecule has 1 saturated carbocycles. The van der Waals surface area contributed by atoms with Crippen molar-refractivity contribution in [2.24, 2.45) is 11.1 Å². The zero-order valence-electron chi connectivity index (χ0n) is 11.6. The minimum Gasteiger partial charge on any atom is -0.493 e. The lowest BCUT2D eigenvalue weighted by molar-refractivity contribution is 0.0668. The maximum Gasteiger partial charge on any atom is 0.119 e. The van der Waals surface area contributed by atoms with Crippen molar-refractivity contribution in [1.29, 1.82) is 0 Å². The first kappa shape index (κ1) is 13.1. The maximum absolute atomic E-state index is 5.89. The van der Waals surface area contributed by atoms with E-state index < -0.39 is 0 Å². The highest BCUT2D eigenvalue weighted by molar-refractivity contribution is 5.59. The van der Waals surface area contributed by atoms with Gasteiger partial charge in [-0.1, -0.05) is 12.5 Å². The smallest absolute Gasteiger partial charge is 0.119 e. The van der Waals surface area contributed by atoms with Crippen molar-refractivity contribution in [2.45, 2.75) is 19.3 Å². The Morgan fingerprint density at radius 2 is 1.90 bits per heavy atom. The molecule has 0 spiro atoms. The van der Waals surface area contributed by atoms with E-state index in [1.807, 2.05) is 42.5 Å². The van der Waals surface area contributed by atoms with Crippen molar-refractivity contribution >= 4 is 0 Å². The molecule has 2 N–H and O–H groups in total. The van der Waals surface area contributed by atoms with Gasteiger partial charge in [0.05, 0.1) is 12.3 Å². The molecular weight excluding hydrogens is 248 g/mol. The zero-order valence-corrected chi connectivity index (χ0v) is 11.6. The zero-order chi connectivity index (χ0) is 13.8. The summed E-state index contributed by atoms with van der Waals surface area (Å²) in [4.78, 5) is 4.34. The highest BCUT2D eigenvalue weighted by Gasteiger charge is 2.36. The fourth-order valence-electron chi connectivity index (χ4n) is 2.58. The third kappa shape index (κ3) is 2.68. The normalized spacial score (nSPS) is 16.4. The molecule has 0 atom stereocenters. The van der Waals surface area contributed by atoms with Crippen LogP contribution in [0.1, 0.15) is 19.3 Å². The molecule has 0 saturated heterocycles. The van der Waals surface area contributed by atoms with Crippen LogP contribution >= 0.6 is 0 Å². The van der Waals surface area contributed by atoms with Crippen LogP contribution in [0.4, 0.5) is 0 Å². The van der Waals surface area contributed by atoms with Gasteiger partial charge >= 0.3 is 0 Å².